The van der Waals surface area contributed by atoms with E-state index in [0.717, 1.165) is 10.0 Å². The molecule has 0 unspecified atom stereocenters. The number of aromatic hydroxyl groups is 1. The molecule has 1 amide bonds. The number of carbonyl (C=O) groups is 1. The summed E-state index contributed by atoms with van der Waals surface area (Å²) in [5.74, 6) is 0.0327. The van der Waals surface area contributed by atoms with Crippen molar-refractivity contribution in [1.29, 1.82) is 0 Å². The fraction of sp³-hybridized carbons (Fsp3) is 0.133. The summed E-state index contributed by atoms with van der Waals surface area (Å²) in [5, 5.41) is 9.45. The maximum Gasteiger partial charge on any atom is 0.258 e. The first-order valence-corrected chi connectivity index (χ1v) is 6.61. The Bertz CT molecular complexity index is 625. The van der Waals surface area contributed by atoms with Crippen LogP contribution in [-0.2, 0) is 0 Å². The lowest BCUT2D eigenvalue weighted by Gasteiger charge is -2.18. The minimum Gasteiger partial charge on any atom is -0.508 e. The molecule has 0 aliphatic carbocycles. The number of phenols is 1. The van der Waals surface area contributed by atoms with Crippen molar-refractivity contribution in [2.45, 2.75) is 6.92 Å². The lowest BCUT2D eigenvalue weighted by molar-refractivity contribution is 0.0993. The van der Waals surface area contributed by atoms with Crippen molar-refractivity contribution in [2.75, 3.05) is 11.9 Å². The second-order valence-electron chi connectivity index (χ2n) is 4.35. The van der Waals surface area contributed by atoms with Gasteiger partial charge in [-0.25, -0.2) is 0 Å². The molecule has 19 heavy (non-hydrogen) atoms. The van der Waals surface area contributed by atoms with E-state index in [0.29, 0.717) is 11.3 Å². The second kappa shape index (κ2) is 5.45. The molecule has 4 heteroatoms. The molecule has 0 radical (unpaired) electrons. The van der Waals surface area contributed by atoms with Crippen LogP contribution in [0.4, 0.5) is 5.69 Å². The molecular weight excluding hydrogens is 306 g/mol. The van der Waals surface area contributed by atoms with Crippen LogP contribution in [0.1, 0.15) is 15.9 Å². The number of phenolic OH excluding ortho intramolecular Hbond substituents is 1. The molecule has 0 saturated carbocycles. The van der Waals surface area contributed by atoms with E-state index in [1.165, 1.54) is 4.90 Å². The molecule has 2 rings (SSSR count). The van der Waals surface area contributed by atoms with E-state index in [-0.39, 0.29) is 11.7 Å². The SMILES string of the molecule is Cc1cc(C(=O)N(C)c2cccc(O)c2)ccc1Br. The van der Waals surface area contributed by atoms with Gasteiger partial charge in [-0.15, -0.1) is 0 Å². The van der Waals surface area contributed by atoms with Gasteiger partial charge in [0.25, 0.3) is 5.91 Å². The van der Waals surface area contributed by atoms with Gasteiger partial charge in [0.1, 0.15) is 5.75 Å². The van der Waals surface area contributed by atoms with Gasteiger partial charge in [-0.05, 0) is 42.8 Å². The van der Waals surface area contributed by atoms with Crippen molar-refractivity contribution in [2.24, 2.45) is 0 Å². The standard InChI is InChI=1S/C15H14BrNO2/c1-10-8-11(6-7-14(10)16)15(19)17(2)12-4-3-5-13(18)9-12/h3-9,18H,1-2H3. The van der Waals surface area contributed by atoms with Crippen LogP contribution in [0.3, 0.4) is 0 Å². The first-order chi connectivity index (χ1) is 8.99. The largest absolute Gasteiger partial charge is 0.508 e. The Morgan fingerprint density at radius 3 is 2.58 bits per heavy atom. The van der Waals surface area contributed by atoms with Crippen LogP contribution in [0, 0.1) is 6.92 Å². The molecule has 3 nitrogen and oxygen atoms in total. The highest BCUT2D eigenvalue weighted by molar-refractivity contribution is 9.10. The van der Waals surface area contributed by atoms with Gasteiger partial charge in [0, 0.05) is 28.8 Å². The van der Waals surface area contributed by atoms with Crippen LogP contribution in [0.15, 0.2) is 46.9 Å². The highest BCUT2D eigenvalue weighted by Gasteiger charge is 2.14. The van der Waals surface area contributed by atoms with Crippen molar-refractivity contribution in [1.82, 2.24) is 0 Å². The molecule has 0 atom stereocenters. The molecule has 0 aliphatic heterocycles. The molecule has 0 saturated heterocycles. The number of hydrogen-bond donors (Lipinski definition) is 1. The summed E-state index contributed by atoms with van der Waals surface area (Å²) in [7, 11) is 1.69. The fourth-order valence-electron chi connectivity index (χ4n) is 1.79. The molecule has 0 fully saturated rings. The minimum atomic E-state index is -0.110. The van der Waals surface area contributed by atoms with Gasteiger partial charge in [-0.1, -0.05) is 22.0 Å². The Labute approximate surface area is 120 Å². The van der Waals surface area contributed by atoms with E-state index in [9.17, 15) is 9.90 Å². The number of rotatable bonds is 2. The highest BCUT2D eigenvalue weighted by atomic mass is 79.9. The average Bonchev–Trinajstić information content (AvgIpc) is 2.40. The third kappa shape index (κ3) is 2.96. The quantitative estimate of drug-likeness (QED) is 0.916. The molecule has 2 aromatic rings. The Balaban J connectivity index is 2.30. The van der Waals surface area contributed by atoms with Crippen molar-refractivity contribution < 1.29 is 9.90 Å². The van der Waals surface area contributed by atoms with E-state index in [1.54, 1.807) is 37.4 Å². The Morgan fingerprint density at radius 1 is 1.21 bits per heavy atom. The van der Waals surface area contributed by atoms with Gasteiger partial charge in [0.05, 0.1) is 0 Å². The Morgan fingerprint density at radius 2 is 1.95 bits per heavy atom. The lowest BCUT2D eigenvalue weighted by atomic mass is 10.1. The summed E-state index contributed by atoms with van der Waals surface area (Å²) in [6.45, 7) is 1.94. The first kappa shape index (κ1) is 13.6. The number of hydrogen-bond acceptors (Lipinski definition) is 2. The Hall–Kier alpha value is -1.81. The third-order valence-electron chi connectivity index (χ3n) is 2.93. The summed E-state index contributed by atoms with van der Waals surface area (Å²) in [6.07, 6.45) is 0. The van der Waals surface area contributed by atoms with Gasteiger partial charge in [0.15, 0.2) is 0 Å². The van der Waals surface area contributed by atoms with Crippen molar-refractivity contribution in [3.05, 3.63) is 58.1 Å². The van der Waals surface area contributed by atoms with E-state index in [4.69, 9.17) is 0 Å². The molecule has 0 aromatic heterocycles. The van der Waals surface area contributed by atoms with Crippen LogP contribution in [0.25, 0.3) is 0 Å². The van der Waals surface area contributed by atoms with E-state index in [2.05, 4.69) is 15.9 Å². The van der Waals surface area contributed by atoms with Gasteiger partial charge in [0.2, 0.25) is 0 Å². The number of aryl methyl sites for hydroxylation is 1. The maximum atomic E-state index is 12.3. The monoisotopic (exact) mass is 319 g/mol. The van der Waals surface area contributed by atoms with Crippen LogP contribution in [0.5, 0.6) is 5.75 Å². The molecule has 0 bridgehead atoms. The molecular formula is C15H14BrNO2. The fourth-order valence-corrected chi connectivity index (χ4v) is 2.04. The zero-order valence-electron chi connectivity index (χ0n) is 10.7. The molecule has 0 spiro atoms. The smallest absolute Gasteiger partial charge is 0.258 e. The predicted octanol–water partition coefficient (Wildman–Crippen LogP) is 3.74. The minimum absolute atomic E-state index is 0.110. The highest BCUT2D eigenvalue weighted by Crippen LogP contribution is 2.22. The number of benzene rings is 2. The molecule has 98 valence electrons. The topological polar surface area (TPSA) is 40.5 Å². The number of nitrogens with zero attached hydrogens (tertiary/aromatic N) is 1. The van der Waals surface area contributed by atoms with Crippen molar-refractivity contribution in [3.8, 4) is 5.75 Å². The van der Waals surface area contributed by atoms with Crippen LogP contribution in [-0.4, -0.2) is 18.1 Å². The van der Waals surface area contributed by atoms with E-state index >= 15 is 0 Å². The number of anilines is 1. The van der Waals surface area contributed by atoms with Crippen LogP contribution in [0.2, 0.25) is 0 Å². The van der Waals surface area contributed by atoms with Crippen LogP contribution < -0.4 is 4.90 Å². The molecule has 0 heterocycles. The lowest BCUT2D eigenvalue weighted by Crippen LogP contribution is -2.26. The summed E-state index contributed by atoms with van der Waals surface area (Å²) in [4.78, 5) is 13.9. The van der Waals surface area contributed by atoms with E-state index in [1.807, 2.05) is 19.1 Å². The average molecular weight is 320 g/mol. The van der Waals surface area contributed by atoms with Gasteiger partial charge >= 0.3 is 0 Å². The van der Waals surface area contributed by atoms with Crippen LogP contribution >= 0.6 is 15.9 Å². The molecule has 1 N–H and O–H groups in total. The summed E-state index contributed by atoms with van der Waals surface area (Å²) in [5.41, 5.74) is 2.28. The summed E-state index contributed by atoms with van der Waals surface area (Å²) in [6, 6.07) is 12.1. The number of halogens is 1. The number of amides is 1. The predicted molar refractivity (Wildman–Crippen MR) is 79.7 cm³/mol. The van der Waals surface area contributed by atoms with Gasteiger partial charge in [-0.3, -0.25) is 4.79 Å². The summed E-state index contributed by atoms with van der Waals surface area (Å²) < 4.78 is 0.976. The first-order valence-electron chi connectivity index (χ1n) is 5.82. The normalized spacial score (nSPS) is 10.3. The maximum absolute atomic E-state index is 12.3. The van der Waals surface area contributed by atoms with Gasteiger partial charge < -0.3 is 10.0 Å². The second-order valence-corrected chi connectivity index (χ2v) is 5.20. The molecule has 0 aliphatic rings. The zero-order valence-corrected chi connectivity index (χ0v) is 12.3. The van der Waals surface area contributed by atoms with E-state index < -0.39 is 0 Å². The third-order valence-corrected chi connectivity index (χ3v) is 3.82. The number of carbonyl (C=O) groups excluding carboxylic acids is 1. The zero-order chi connectivity index (χ0) is 14.0. The van der Waals surface area contributed by atoms with Crippen molar-refractivity contribution in [3.63, 3.8) is 0 Å². The Kier molecular flexibility index (Phi) is 3.90. The van der Waals surface area contributed by atoms with Crippen molar-refractivity contribution >= 4 is 27.5 Å². The summed E-state index contributed by atoms with van der Waals surface area (Å²) >= 11 is 3.41. The van der Waals surface area contributed by atoms with Gasteiger partial charge in [-0.2, -0.15) is 0 Å². The molecule has 2 aromatic carbocycles.